The molecule has 0 aliphatic carbocycles. The second-order valence-electron chi connectivity index (χ2n) is 11.7. The number of anilines is 1. The predicted molar refractivity (Wildman–Crippen MR) is 201 cm³/mol. The summed E-state index contributed by atoms with van der Waals surface area (Å²) in [4.78, 5) is 29.0. The summed E-state index contributed by atoms with van der Waals surface area (Å²) in [6.07, 6.45) is 0. The number of thioether (sulfide) groups is 1. The standard InChI is InChI=1S/C40H30ClN3O5S2/c1-25-7-5-8-27(21-25)23-48-31-19-15-28(16-20-31)36(45)34-35(29-9-6-12-33(22-29)49-32-10-3-2-4-11-32)44(38(47)37(34)46)39-42-43-40(51-39)50-24-26-13-17-30(41)18-14-26/h2-22,35,45H,23-24H2,1H3/b36-34+. The Kier molecular flexibility index (Phi) is 10.2. The number of ketones is 1. The van der Waals surface area contributed by atoms with Crippen LogP contribution in [0.2, 0.25) is 5.02 Å². The van der Waals surface area contributed by atoms with Crippen molar-refractivity contribution in [2.45, 2.75) is 29.7 Å². The third kappa shape index (κ3) is 7.83. The smallest absolute Gasteiger partial charge is 0.301 e. The van der Waals surface area contributed by atoms with Crippen molar-refractivity contribution >= 4 is 57.3 Å². The topological polar surface area (TPSA) is 102 Å². The van der Waals surface area contributed by atoms with Gasteiger partial charge in [-0.3, -0.25) is 14.5 Å². The molecule has 1 atom stereocenters. The number of para-hydroxylation sites is 1. The maximum absolute atomic E-state index is 13.8. The van der Waals surface area contributed by atoms with E-state index >= 15 is 0 Å². The number of amides is 1. The molecule has 8 nitrogen and oxygen atoms in total. The quantitative estimate of drug-likeness (QED) is 0.0462. The van der Waals surface area contributed by atoms with Gasteiger partial charge in [0.05, 0.1) is 11.6 Å². The van der Waals surface area contributed by atoms with Gasteiger partial charge in [-0.2, -0.15) is 0 Å². The van der Waals surface area contributed by atoms with E-state index in [-0.39, 0.29) is 16.5 Å². The number of nitrogens with zero attached hydrogens (tertiary/aromatic N) is 3. The Labute approximate surface area is 308 Å². The van der Waals surface area contributed by atoms with Crippen LogP contribution in [0.3, 0.4) is 0 Å². The van der Waals surface area contributed by atoms with E-state index < -0.39 is 17.7 Å². The summed E-state index contributed by atoms with van der Waals surface area (Å²) in [5.41, 5.74) is 4.05. The number of hydrogen-bond acceptors (Lipinski definition) is 9. The van der Waals surface area contributed by atoms with Crippen LogP contribution in [0.5, 0.6) is 17.2 Å². The molecule has 1 saturated heterocycles. The molecule has 5 aromatic carbocycles. The third-order valence-corrected chi connectivity index (χ3v) is 10.5. The van der Waals surface area contributed by atoms with Crippen LogP contribution < -0.4 is 14.4 Å². The molecule has 0 saturated carbocycles. The lowest BCUT2D eigenvalue weighted by Gasteiger charge is -2.23. The summed E-state index contributed by atoms with van der Waals surface area (Å²) in [5.74, 6) is 0.348. The van der Waals surface area contributed by atoms with E-state index in [4.69, 9.17) is 21.1 Å². The molecule has 1 amide bonds. The van der Waals surface area contributed by atoms with Crippen molar-refractivity contribution in [1.82, 2.24) is 10.2 Å². The Morgan fingerprint density at radius 3 is 2.33 bits per heavy atom. The predicted octanol–water partition coefficient (Wildman–Crippen LogP) is 9.79. The summed E-state index contributed by atoms with van der Waals surface area (Å²) < 4.78 is 12.7. The lowest BCUT2D eigenvalue weighted by molar-refractivity contribution is -0.132. The Morgan fingerprint density at radius 2 is 1.57 bits per heavy atom. The first-order valence-electron chi connectivity index (χ1n) is 16.0. The maximum atomic E-state index is 13.8. The van der Waals surface area contributed by atoms with Crippen molar-refractivity contribution in [1.29, 1.82) is 0 Å². The van der Waals surface area contributed by atoms with Gasteiger partial charge in [-0.1, -0.05) is 107 Å². The number of rotatable bonds is 11. The van der Waals surface area contributed by atoms with E-state index in [0.717, 1.165) is 16.7 Å². The average Bonchev–Trinajstić information content (AvgIpc) is 3.72. The Bertz CT molecular complexity index is 2220. The number of carbonyl (C=O) groups is 2. The second kappa shape index (κ2) is 15.2. The number of benzene rings is 5. The molecule has 1 aliphatic rings. The second-order valence-corrected chi connectivity index (χ2v) is 14.3. The van der Waals surface area contributed by atoms with Gasteiger partial charge in [0.25, 0.3) is 5.78 Å². The molecule has 1 aromatic heterocycles. The van der Waals surface area contributed by atoms with Crippen LogP contribution in [0.1, 0.15) is 33.9 Å². The normalized spacial score (nSPS) is 15.3. The summed E-state index contributed by atoms with van der Waals surface area (Å²) in [5, 5.41) is 21.3. The van der Waals surface area contributed by atoms with E-state index in [0.29, 0.717) is 50.1 Å². The monoisotopic (exact) mass is 731 g/mol. The summed E-state index contributed by atoms with van der Waals surface area (Å²) >= 11 is 8.69. The van der Waals surface area contributed by atoms with Gasteiger partial charge in [0, 0.05) is 16.3 Å². The summed E-state index contributed by atoms with van der Waals surface area (Å²) in [6.45, 7) is 2.40. The molecule has 1 aliphatic heterocycles. The lowest BCUT2D eigenvalue weighted by Crippen LogP contribution is -2.29. The Balaban J connectivity index is 1.21. The minimum atomic E-state index is -1.01. The Morgan fingerprint density at radius 1 is 0.824 bits per heavy atom. The fourth-order valence-corrected chi connectivity index (χ4v) is 7.58. The summed E-state index contributed by atoms with van der Waals surface area (Å²) in [6, 6.07) is 37.7. The highest BCUT2D eigenvalue weighted by Crippen LogP contribution is 2.45. The van der Waals surface area contributed by atoms with Crippen molar-refractivity contribution in [2.75, 3.05) is 4.90 Å². The van der Waals surface area contributed by atoms with Gasteiger partial charge < -0.3 is 14.6 Å². The molecular weight excluding hydrogens is 702 g/mol. The first-order chi connectivity index (χ1) is 24.8. The number of Topliss-reactive ketones (excluding diaryl/α,β-unsaturated/α-hetero) is 1. The first-order valence-corrected chi connectivity index (χ1v) is 18.1. The number of hydrogen-bond donors (Lipinski definition) is 1. The van der Waals surface area contributed by atoms with Crippen molar-refractivity contribution < 1.29 is 24.2 Å². The van der Waals surface area contributed by atoms with Crippen molar-refractivity contribution in [2.24, 2.45) is 0 Å². The van der Waals surface area contributed by atoms with Crippen LogP contribution in [0.4, 0.5) is 5.13 Å². The average molecular weight is 732 g/mol. The zero-order valence-corrected chi connectivity index (χ0v) is 29.6. The molecule has 0 bridgehead atoms. The third-order valence-electron chi connectivity index (χ3n) is 8.09. The van der Waals surface area contributed by atoms with Crippen molar-refractivity contribution in [3.8, 4) is 17.2 Å². The molecule has 6 aromatic rings. The minimum Gasteiger partial charge on any atom is -0.507 e. The lowest BCUT2D eigenvalue weighted by atomic mass is 9.95. The van der Waals surface area contributed by atoms with E-state index in [2.05, 4.69) is 16.3 Å². The van der Waals surface area contributed by atoms with Crippen LogP contribution in [0.15, 0.2) is 137 Å². The molecule has 0 spiro atoms. The number of aromatic nitrogens is 2. The molecule has 1 N–H and O–H groups in total. The van der Waals surface area contributed by atoms with Gasteiger partial charge in [-0.05, 0) is 84.3 Å². The van der Waals surface area contributed by atoms with Crippen LogP contribution in [-0.4, -0.2) is 27.0 Å². The fraction of sp³-hybridized carbons (Fsp3) is 0.100. The first kappa shape index (κ1) is 34.0. The van der Waals surface area contributed by atoms with Gasteiger partial charge in [0.15, 0.2) is 4.34 Å². The van der Waals surface area contributed by atoms with E-state index in [9.17, 15) is 14.7 Å². The SMILES string of the molecule is Cc1cccc(COc2ccc(/C(O)=C3\C(=O)C(=O)N(c4nnc(SCc5ccc(Cl)cc5)s4)C3c3cccc(Oc4ccccc4)c3)cc2)c1. The number of ether oxygens (including phenoxy) is 2. The molecule has 51 heavy (non-hydrogen) atoms. The van der Waals surface area contributed by atoms with Crippen LogP contribution in [-0.2, 0) is 21.9 Å². The molecule has 254 valence electrons. The van der Waals surface area contributed by atoms with Crippen LogP contribution in [0.25, 0.3) is 5.76 Å². The van der Waals surface area contributed by atoms with Gasteiger partial charge >= 0.3 is 5.91 Å². The van der Waals surface area contributed by atoms with E-state index in [1.54, 1.807) is 48.5 Å². The van der Waals surface area contributed by atoms with Crippen molar-refractivity contribution in [3.05, 3.63) is 166 Å². The zero-order valence-electron chi connectivity index (χ0n) is 27.2. The highest BCUT2D eigenvalue weighted by molar-refractivity contribution is 8.00. The van der Waals surface area contributed by atoms with E-state index in [1.165, 1.54) is 28.0 Å². The molecule has 7 rings (SSSR count). The van der Waals surface area contributed by atoms with Gasteiger partial charge in [-0.15, -0.1) is 10.2 Å². The Hall–Kier alpha value is -5.42. The molecule has 11 heteroatoms. The highest BCUT2D eigenvalue weighted by Gasteiger charge is 2.48. The van der Waals surface area contributed by atoms with Crippen molar-refractivity contribution in [3.63, 3.8) is 0 Å². The van der Waals surface area contributed by atoms with E-state index in [1.807, 2.05) is 79.7 Å². The zero-order chi connectivity index (χ0) is 35.3. The highest BCUT2D eigenvalue weighted by atomic mass is 35.5. The van der Waals surface area contributed by atoms with Crippen LogP contribution >= 0.6 is 34.7 Å². The number of halogens is 1. The molecule has 1 unspecified atom stereocenters. The van der Waals surface area contributed by atoms with Gasteiger partial charge in [0.1, 0.15) is 29.6 Å². The van der Waals surface area contributed by atoms with Gasteiger partial charge in [-0.25, -0.2) is 0 Å². The molecule has 2 heterocycles. The number of aryl methyl sites for hydroxylation is 1. The fourth-order valence-electron chi connectivity index (χ4n) is 5.63. The maximum Gasteiger partial charge on any atom is 0.301 e. The number of aliphatic hydroxyl groups excluding tert-OH is 1. The number of aliphatic hydroxyl groups is 1. The largest absolute Gasteiger partial charge is 0.507 e. The molecule has 1 fully saturated rings. The minimum absolute atomic E-state index is 0.0733. The van der Waals surface area contributed by atoms with Gasteiger partial charge in [0.2, 0.25) is 5.13 Å². The molecule has 0 radical (unpaired) electrons. The van der Waals surface area contributed by atoms with Crippen LogP contribution in [0, 0.1) is 6.92 Å². The molecular formula is C40H30ClN3O5S2. The number of carbonyl (C=O) groups excluding carboxylic acids is 2. The summed E-state index contributed by atoms with van der Waals surface area (Å²) in [7, 11) is 0.